The normalized spacial score (nSPS) is 10.1. The van der Waals surface area contributed by atoms with Gasteiger partial charge in [-0.15, -0.1) is 0 Å². The van der Waals surface area contributed by atoms with Crippen molar-refractivity contribution in [1.29, 1.82) is 0 Å². The summed E-state index contributed by atoms with van der Waals surface area (Å²) >= 11 is 0. The maximum absolute atomic E-state index is 12.1. The van der Waals surface area contributed by atoms with Crippen LogP contribution in [0.4, 0.5) is 11.5 Å². The molecule has 2 rings (SSSR count). The molecule has 0 aliphatic heterocycles. The molecule has 1 amide bonds. The molecule has 18 heavy (non-hydrogen) atoms. The molecule has 0 saturated carbocycles. The number of rotatable bonds is 2. The van der Waals surface area contributed by atoms with Crippen LogP contribution < -0.4 is 11.1 Å². The molecular formula is C14H15N3O. The molecule has 1 aromatic carbocycles. The molecule has 0 bridgehead atoms. The maximum atomic E-state index is 12.1. The smallest absolute Gasteiger partial charge is 0.259 e. The Morgan fingerprint density at radius 2 is 1.89 bits per heavy atom. The third-order valence-electron chi connectivity index (χ3n) is 2.63. The number of pyridine rings is 1. The summed E-state index contributed by atoms with van der Waals surface area (Å²) in [5, 5.41) is 2.80. The number of carbonyl (C=O) groups excluding carboxylic acids is 1. The highest BCUT2D eigenvalue weighted by Crippen LogP contribution is 2.17. The van der Waals surface area contributed by atoms with Crippen LogP contribution in [0.3, 0.4) is 0 Å². The first kappa shape index (κ1) is 12.1. The van der Waals surface area contributed by atoms with Gasteiger partial charge in [0, 0.05) is 11.4 Å². The number of aromatic nitrogens is 1. The van der Waals surface area contributed by atoms with Crippen LogP contribution in [0.2, 0.25) is 0 Å². The Morgan fingerprint density at radius 3 is 2.50 bits per heavy atom. The van der Waals surface area contributed by atoms with Gasteiger partial charge < -0.3 is 11.1 Å². The number of nitrogen functional groups attached to an aromatic ring is 1. The van der Waals surface area contributed by atoms with E-state index in [1.165, 1.54) is 0 Å². The summed E-state index contributed by atoms with van der Waals surface area (Å²) in [6.07, 6.45) is 0. The lowest BCUT2D eigenvalue weighted by Crippen LogP contribution is -2.16. The summed E-state index contributed by atoms with van der Waals surface area (Å²) in [6.45, 7) is 3.70. The van der Waals surface area contributed by atoms with Crippen molar-refractivity contribution in [2.45, 2.75) is 13.8 Å². The average Bonchev–Trinajstić information content (AvgIpc) is 2.28. The molecule has 0 fully saturated rings. The third kappa shape index (κ3) is 2.48. The highest BCUT2D eigenvalue weighted by molar-refractivity contribution is 6.08. The van der Waals surface area contributed by atoms with E-state index in [4.69, 9.17) is 5.73 Å². The van der Waals surface area contributed by atoms with Gasteiger partial charge in [-0.25, -0.2) is 4.98 Å². The second-order valence-electron chi connectivity index (χ2n) is 4.16. The van der Waals surface area contributed by atoms with Crippen LogP contribution in [-0.2, 0) is 0 Å². The zero-order valence-corrected chi connectivity index (χ0v) is 10.4. The van der Waals surface area contributed by atoms with E-state index in [1.807, 2.05) is 50.2 Å². The minimum absolute atomic E-state index is 0.233. The molecule has 0 spiro atoms. The molecule has 0 aliphatic rings. The summed E-state index contributed by atoms with van der Waals surface area (Å²) in [4.78, 5) is 16.2. The van der Waals surface area contributed by atoms with Crippen LogP contribution in [0, 0.1) is 13.8 Å². The molecule has 0 atom stereocenters. The summed E-state index contributed by atoms with van der Waals surface area (Å²) in [7, 11) is 0. The van der Waals surface area contributed by atoms with E-state index in [1.54, 1.807) is 0 Å². The van der Waals surface area contributed by atoms with Gasteiger partial charge in [-0.3, -0.25) is 4.79 Å². The van der Waals surface area contributed by atoms with Crippen molar-refractivity contribution in [3.63, 3.8) is 0 Å². The number of nitrogens with one attached hydrogen (secondary N) is 1. The van der Waals surface area contributed by atoms with E-state index >= 15 is 0 Å². The monoisotopic (exact) mass is 241 g/mol. The summed E-state index contributed by atoms with van der Waals surface area (Å²) in [5.41, 5.74) is 8.61. The lowest BCUT2D eigenvalue weighted by atomic mass is 10.1. The van der Waals surface area contributed by atoms with Gasteiger partial charge in [-0.05, 0) is 37.6 Å². The number of nitrogens with two attached hydrogens (primary N) is 1. The first-order valence-electron chi connectivity index (χ1n) is 5.68. The average molecular weight is 241 g/mol. The molecule has 0 unspecified atom stereocenters. The molecular weight excluding hydrogens is 226 g/mol. The van der Waals surface area contributed by atoms with Crippen molar-refractivity contribution in [1.82, 2.24) is 4.98 Å². The molecule has 2 aromatic rings. The van der Waals surface area contributed by atoms with Gasteiger partial charge in [0.2, 0.25) is 0 Å². The number of para-hydroxylation sites is 1. The van der Waals surface area contributed by atoms with Gasteiger partial charge >= 0.3 is 0 Å². The van der Waals surface area contributed by atoms with Crippen molar-refractivity contribution in [2.24, 2.45) is 0 Å². The van der Waals surface area contributed by atoms with Crippen molar-refractivity contribution >= 4 is 17.4 Å². The van der Waals surface area contributed by atoms with Crippen LogP contribution in [-0.4, -0.2) is 10.9 Å². The zero-order valence-electron chi connectivity index (χ0n) is 10.4. The molecule has 4 nitrogen and oxygen atoms in total. The topological polar surface area (TPSA) is 68.0 Å². The Labute approximate surface area is 106 Å². The third-order valence-corrected chi connectivity index (χ3v) is 2.63. The fourth-order valence-corrected chi connectivity index (χ4v) is 1.88. The maximum Gasteiger partial charge on any atom is 0.259 e. The Morgan fingerprint density at radius 1 is 1.22 bits per heavy atom. The quantitative estimate of drug-likeness (QED) is 0.849. The van der Waals surface area contributed by atoms with Crippen molar-refractivity contribution in [3.8, 4) is 0 Å². The second-order valence-corrected chi connectivity index (χ2v) is 4.16. The van der Waals surface area contributed by atoms with Crippen LogP contribution in [0.1, 0.15) is 21.6 Å². The first-order chi connectivity index (χ1) is 8.58. The second kappa shape index (κ2) is 4.87. The standard InChI is InChI=1S/C14H15N3O/c1-9-8-10(2)16-13(15)12(9)14(18)17-11-6-4-3-5-7-11/h3-8H,1-2H3,(H2,15,16)(H,17,18). The molecule has 1 aromatic heterocycles. The Kier molecular flexibility index (Phi) is 3.28. The van der Waals surface area contributed by atoms with E-state index in [2.05, 4.69) is 10.3 Å². The molecule has 92 valence electrons. The highest BCUT2D eigenvalue weighted by Gasteiger charge is 2.14. The number of anilines is 2. The minimum Gasteiger partial charge on any atom is -0.383 e. The number of hydrogen-bond donors (Lipinski definition) is 2. The Balaban J connectivity index is 2.30. The Bertz CT molecular complexity index is 556. The largest absolute Gasteiger partial charge is 0.383 e. The lowest BCUT2D eigenvalue weighted by Gasteiger charge is -2.10. The highest BCUT2D eigenvalue weighted by atomic mass is 16.1. The summed E-state index contributed by atoms with van der Waals surface area (Å²) in [6, 6.07) is 11.1. The van der Waals surface area contributed by atoms with E-state index in [-0.39, 0.29) is 11.7 Å². The van der Waals surface area contributed by atoms with Gasteiger partial charge in [0.15, 0.2) is 0 Å². The zero-order chi connectivity index (χ0) is 13.1. The van der Waals surface area contributed by atoms with Crippen LogP contribution >= 0.6 is 0 Å². The van der Waals surface area contributed by atoms with Gasteiger partial charge in [-0.1, -0.05) is 18.2 Å². The number of hydrogen-bond acceptors (Lipinski definition) is 3. The van der Waals surface area contributed by atoms with Crippen LogP contribution in [0.15, 0.2) is 36.4 Å². The van der Waals surface area contributed by atoms with Gasteiger partial charge in [-0.2, -0.15) is 0 Å². The predicted octanol–water partition coefficient (Wildman–Crippen LogP) is 2.53. The van der Waals surface area contributed by atoms with E-state index in [9.17, 15) is 4.79 Å². The molecule has 0 saturated heterocycles. The number of aryl methyl sites for hydroxylation is 2. The minimum atomic E-state index is -0.233. The molecule has 0 radical (unpaired) electrons. The predicted molar refractivity (Wildman–Crippen MR) is 72.5 cm³/mol. The number of benzene rings is 1. The van der Waals surface area contributed by atoms with E-state index in [0.717, 1.165) is 16.9 Å². The van der Waals surface area contributed by atoms with E-state index < -0.39 is 0 Å². The molecule has 1 heterocycles. The summed E-state index contributed by atoms with van der Waals surface area (Å²) < 4.78 is 0. The Hall–Kier alpha value is -2.36. The van der Waals surface area contributed by atoms with Crippen molar-refractivity contribution < 1.29 is 4.79 Å². The SMILES string of the molecule is Cc1cc(C)c(C(=O)Nc2ccccc2)c(N)n1. The molecule has 0 aliphatic carbocycles. The lowest BCUT2D eigenvalue weighted by molar-refractivity contribution is 0.102. The first-order valence-corrected chi connectivity index (χ1v) is 5.68. The molecule has 4 heteroatoms. The van der Waals surface area contributed by atoms with E-state index in [0.29, 0.717) is 5.56 Å². The van der Waals surface area contributed by atoms with Crippen LogP contribution in [0.25, 0.3) is 0 Å². The van der Waals surface area contributed by atoms with Gasteiger partial charge in [0.25, 0.3) is 5.91 Å². The summed E-state index contributed by atoms with van der Waals surface area (Å²) in [5.74, 6) is 0.0321. The number of amides is 1. The van der Waals surface area contributed by atoms with Crippen LogP contribution in [0.5, 0.6) is 0 Å². The van der Waals surface area contributed by atoms with Gasteiger partial charge in [0.1, 0.15) is 5.82 Å². The van der Waals surface area contributed by atoms with Crippen molar-refractivity contribution in [3.05, 3.63) is 53.2 Å². The van der Waals surface area contributed by atoms with Crippen molar-refractivity contribution in [2.75, 3.05) is 11.1 Å². The number of nitrogens with zero attached hydrogens (tertiary/aromatic N) is 1. The number of carbonyl (C=O) groups is 1. The fourth-order valence-electron chi connectivity index (χ4n) is 1.88. The fraction of sp³-hybridized carbons (Fsp3) is 0.143. The molecule has 3 N–H and O–H groups in total. The van der Waals surface area contributed by atoms with Gasteiger partial charge in [0.05, 0.1) is 5.56 Å².